The fraction of sp³-hybridized carbons (Fsp3) is 0.136. The highest BCUT2D eigenvalue weighted by atomic mass is 16.5. The number of phenolic OH excluding ortho intramolecular Hbond substituents is 2. The number of phenols is 2. The molecule has 0 unspecified atom stereocenters. The van der Waals surface area contributed by atoms with Crippen molar-refractivity contribution in [3.05, 3.63) is 179 Å². The van der Waals surface area contributed by atoms with Crippen LogP contribution in [-0.4, -0.2) is 21.8 Å². The summed E-state index contributed by atoms with van der Waals surface area (Å²) in [6, 6.07) is 43.0. The lowest BCUT2D eigenvalue weighted by molar-refractivity contribution is 0.0817. The van der Waals surface area contributed by atoms with E-state index in [9.17, 15) is 19.8 Å². The predicted molar refractivity (Wildman–Crippen MR) is 195 cm³/mol. The standard InChI is InChI=1S/C44H38O6/c1-43(2,31-9-17-35(45)18-10-31)33-13-25-39(26-14-33)49-37-21-5-29(6-22-37)41(47)42(48)30-7-23-38(24-8-30)50-40-27-15-34(16-28-40)44(3,4)32-11-19-36(46)20-12-32/h5-28,45-46H,1-4H3. The molecule has 0 saturated carbocycles. The van der Waals surface area contributed by atoms with Crippen LogP contribution in [0.2, 0.25) is 0 Å². The van der Waals surface area contributed by atoms with Crippen LogP contribution in [0.5, 0.6) is 34.5 Å². The summed E-state index contributed by atoms with van der Waals surface area (Å²) in [6.07, 6.45) is 0. The second kappa shape index (κ2) is 13.8. The minimum Gasteiger partial charge on any atom is -0.508 e. The average molecular weight is 663 g/mol. The number of carbonyl (C=O) groups is 2. The molecule has 0 saturated heterocycles. The topological polar surface area (TPSA) is 93.1 Å². The second-order valence-electron chi connectivity index (χ2n) is 13.3. The molecule has 0 atom stereocenters. The molecule has 0 fully saturated rings. The Balaban J connectivity index is 1.05. The molecule has 0 aliphatic rings. The van der Waals surface area contributed by atoms with Crippen LogP contribution < -0.4 is 9.47 Å². The van der Waals surface area contributed by atoms with Gasteiger partial charge in [0.1, 0.15) is 34.5 Å². The molecule has 6 heteroatoms. The van der Waals surface area contributed by atoms with Gasteiger partial charge < -0.3 is 19.7 Å². The Hall–Kier alpha value is -6.14. The maximum absolute atomic E-state index is 13.0. The number of ketones is 2. The first-order chi connectivity index (χ1) is 23.9. The Labute approximate surface area is 292 Å². The number of hydrogen-bond donors (Lipinski definition) is 2. The van der Waals surface area contributed by atoms with Crippen LogP contribution in [0.1, 0.15) is 70.7 Å². The average Bonchev–Trinajstić information content (AvgIpc) is 3.12. The largest absolute Gasteiger partial charge is 0.508 e. The number of rotatable bonds is 11. The van der Waals surface area contributed by atoms with E-state index in [0.717, 1.165) is 22.3 Å². The molecule has 0 aliphatic carbocycles. The summed E-state index contributed by atoms with van der Waals surface area (Å²) in [7, 11) is 0. The van der Waals surface area contributed by atoms with Crippen LogP contribution in [0.15, 0.2) is 146 Å². The van der Waals surface area contributed by atoms with Gasteiger partial charge in [-0.1, -0.05) is 76.2 Å². The van der Waals surface area contributed by atoms with Crippen molar-refractivity contribution >= 4 is 11.6 Å². The Morgan fingerprint density at radius 2 is 0.600 bits per heavy atom. The molecular weight excluding hydrogens is 624 g/mol. The summed E-state index contributed by atoms with van der Waals surface area (Å²) >= 11 is 0. The molecule has 6 aromatic carbocycles. The molecule has 250 valence electrons. The van der Waals surface area contributed by atoms with Crippen molar-refractivity contribution in [1.29, 1.82) is 0 Å². The highest BCUT2D eigenvalue weighted by Crippen LogP contribution is 2.35. The van der Waals surface area contributed by atoms with Crippen molar-refractivity contribution in [1.82, 2.24) is 0 Å². The van der Waals surface area contributed by atoms with Gasteiger partial charge in [-0.15, -0.1) is 0 Å². The number of carbonyl (C=O) groups excluding carboxylic acids is 2. The van der Waals surface area contributed by atoms with Gasteiger partial charge in [0, 0.05) is 22.0 Å². The summed E-state index contributed by atoms with van der Waals surface area (Å²) in [4.78, 5) is 26.1. The van der Waals surface area contributed by atoms with Crippen molar-refractivity contribution in [3.63, 3.8) is 0 Å². The van der Waals surface area contributed by atoms with Crippen LogP contribution in [0.4, 0.5) is 0 Å². The lowest BCUT2D eigenvalue weighted by atomic mass is 9.78. The summed E-state index contributed by atoms with van der Waals surface area (Å²) in [5.41, 5.74) is 4.35. The van der Waals surface area contributed by atoms with E-state index in [-0.39, 0.29) is 33.5 Å². The number of hydrogen-bond acceptors (Lipinski definition) is 6. The Kier molecular flexibility index (Phi) is 9.29. The maximum Gasteiger partial charge on any atom is 0.233 e. The first-order valence-corrected chi connectivity index (χ1v) is 16.4. The summed E-state index contributed by atoms with van der Waals surface area (Å²) < 4.78 is 12.0. The molecule has 6 rings (SSSR count). The summed E-state index contributed by atoms with van der Waals surface area (Å²) in [6.45, 7) is 8.49. The number of ether oxygens (including phenoxy) is 2. The maximum atomic E-state index is 13.0. The lowest BCUT2D eigenvalue weighted by Crippen LogP contribution is -2.18. The molecular formula is C44H38O6. The van der Waals surface area contributed by atoms with Gasteiger partial charge in [0.15, 0.2) is 0 Å². The molecule has 0 aromatic heterocycles. The van der Waals surface area contributed by atoms with Crippen LogP contribution in [-0.2, 0) is 10.8 Å². The minimum absolute atomic E-state index is 0.234. The van der Waals surface area contributed by atoms with Crippen molar-refractivity contribution in [2.24, 2.45) is 0 Å². The molecule has 0 heterocycles. The number of Topliss-reactive ketones (excluding diaryl/α,β-unsaturated/α-hetero) is 2. The molecule has 0 amide bonds. The first-order valence-electron chi connectivity index (χ1n) is 16.4. The van der Waals surface area contributed by atoms with E-state index >= 15 is 0 Å². The summed E-state index contributed by atoms with van der Waals surface area (Å²) in [5, 5.41) is 19.3. The fourth-order valence-electron chi connectivity index (χ4n) is 5.85. The smallest absolute Gasteiger partial charge is 0.233 e. The minimum atomic E-state index is -0.613. The third kappa shape index (κ3) is 7.30. The molecule has 0 radical (unpaired) electrons. The Morgan fingerprint density at radius 1 is 0.380 bits per heavy atom. The molecule has 0 spiro atoms. The van der Waals surface area contributed by atoms with E-state index in [4.69, 9.17) is 9.47 Å². The third-order valence-electron chi connectivity index (χ3n) is 9.24. The zero-order valence-corrected chi connectivity index (χ0v) is 28.4. The number of aromatic hydroxyl groups is 2. The van der Waals surface area contributed by atoms with Gasteiger partial charge >= 0.3 is 0 Å². The van der Waals surface area contributed by atoms with E-state index in [0.29, 0.717) is 23.0 Å². The normalized spacial score (nSPS) is 11.5. The first kappa shape index (κ1) is 33.7. The Bertz CT molecular complexity index is 1940. The molecule has 0 bridgehead atoms. The van der Waals surface area contributed by atoms with Gasteiger partial charge in [-0.2, -0.15) is 0 Å². The SMILES string of the molecule is CC(C)(c1ccc(O)cc1)c1ccc(Oc2ccc(C(=O)C(=O)c3ccc(Oc4ccc(C(C)(C)c5ccc(O)cc5)cc4)cc3)cc2)cc1. The number of benzene rings is 6. The predicted octanol–water partition coefficient (Wildman–Crippen LogP) is 10.4. The Morgan fingerprint density at radius 3 is 0.860 bits per heavy atom. The lowest BCUT2D eigenvalue weighted by Gasteiger charge is -2.26. The van der Waals surface area contributed by atoms with Crippen molar-refractivity contribution in [2.75, 3.05) is 0 Å². The van der Waals surface area contributed by atoms with Crippen LogP contribution in [0.3, 0.4) is 0 Å². The quantitative estimate of drug-likeness (QED) is 0.106. The molecule has 6 nitrogen and oxygen atoms in total. The van der Waals surface area contributed by atoms with Crippen molar-refractivity contribution in [3.8, 4) is 34.5 Å². The van der Waals surface area contributed by atoms with Gasteiger partial charge in [0.05, 0.1) is 0 Å². The summed E-state index contributed by atoms with van der Waals surface area (Å²) in [5.74, 6) is 1.60. The molecule has 0 aliphatic heterocycles. The third-order valence-corrected chi connectivity index (χ3v) is 9.24. The van der Waals surface area contributed by atoms with Crippen molar-refractivity contribution in [2.45, 2.75) is 38.5 Å². The molecule has 2 N–H and O–H groups in total. The highest BCUT2D eigenvalue weighted by Gasteiger charge is 2.24. The van der Waals surface area contributed by atoms with Gasteiger partial charge in [-0.05, 0) is 119 Å². The zero-order chi connectivity index (χ0) is 35.5. The van der Waals surface area contributed by atoms with E-state index in [2.05, 4.69) is 27.7 Å². The van der Waals surface area contributed by atoms with Gasteiger partial charge in [-0.25, -0.2) is 0 Å². The molecule has 6 aromatic rings. The van der Waals surface area contributed by atoms with Gasteiger partial charge in [0.2, 0.25) is 11.6 Å². The van der Waals surface area contributed by atoms with Crippen LogP contribution in [0, 0.1) is 0 Å². The van der Waals surface area contributed by atoms with Crippen molar-refractivity contribution < 1.29 is 29.3 Å². The van der Waals surface area contributed by atoms with E-state index < -0.39 is 11.6 Å². The second-order valence-corrected chi connectivity index (χ2v) is 13.3. The van der Waals surface area contributed by atoms with E-state index in [1.165, 1.54) is 0 Å². The van der Waals surface area contributed by atoms with Gasteiger partial charge in [-0.3, -0.25) is 9.59 Å². The van der Waals surface area contributed by atoms with Crippen LogP contribution >= 0.6 is 0 Å². The van der Waals surface area contributed by atoms with E-state index in [1.54, 1.807) is 72.8 Å². The zero-order valence-electron chi connectivity index (χ0n) is 28.4. The highest BCUT2D eigenvalue weighted by molar-refractivity contribution is 6.49. The van der Waals surface area contributed by atoms with E-state index in [1.807, 2.05) is 72.8 Å². The van der Waals surface area contributed by atoms with Gasteiger partial charge in [0.25, 0.3) is 0 Å². The molecule has 50 heavy (non-hydrogen) atoms. The monoisotopic (exact) mass is 662 g/mol. The van der Waals surface area contributed by atoms with Crippen LogP contribution in [0.25, 0.3) is 0 Å². The fourth-order valence-corrected chi connectivity index (χ4v) is 5.85.